The topological polar surface area (TPSA) is 64.7 Å². The van der Waals surface area contributed by atoms with Gasteiger partial charge in [-0.3, -0.25) is 0 Å². The van der Waals surface area contributed by atoms with Crippen molar-refractivity contribution in [1.82, 2.24) is 0 Å². The zero-order valence-electron chi connectivity index (χ0n) is 8.96. The van der Waals surface area contributed by atoms with Crippen LogP contribution in [0.3, 0.4) is 0 Å². The van der Waals surface area contributed by atoms with E-state index in [0.29, 0.717) is 5.75 Å². The first-order valence-corrected chi connectivity index (χ1v) is 5.34. The monoisotopic (exact) mass is 293 g/mol. The summed E-state index contributed by atoms with van der Waals surface area (Å²) in [6, 6.07) is 1.37. The van der Waals surface area contributed by atoms with Crippen molar-refractivity contribution < 1.29 is 19.0 Å². The van der Waals surface area contributed by atoms with E-state index in [1.54, 1.807) is 0 Å². The molecule has 16 heavy (non-hydrogen) atoms. The standard InChI is InChI=1S/C10H13BrFNO3/c1-15-7-3-5(6(14)4-13)9(12)8(11)10(7)16-2/h3,6,14H,4,13H2,1-2H3. The summed E-state index contributed by atoms with van der Waals surface area (Å²) in [6.45, 7) is -0.0706. The Labute approximate surface area is 101 Å². The Morgan fingerprint density at radius 3 is 2.56 bits per heavy atom. The number of nitrogens with two attached hydrogens (primary N) is 1. The van der Waals surface area contributed by atoms with Crippen LogP contribution in [0.25, 0.3) is 0 Å². The third-order valence-electron chi connectivity index (χ3n) is 2.16. The molecule has 0 saturated heterocycles. The second kappa shape index (κ2) is 5.47. The SMILES string of the molecule is COc1cc(C(O)CN)c(F)c(Br)c1OC. The van der Waals surface area contributed by atoms with Crippen LogP contribution in [0.1, 0.15) is 11.7 Å². The maximum Gasteiger partial charge on any atom is 0.177 e. The molecular formula is C10H13BrFNO3. The quantitative estimate of drug-likeness (QED) is 0.885. The van der Waals surface area contributed by atoms with Crippen LogP contribution in [-0.2, 0) is 0 Å². The van der Waals surface area contributed by atoms with Gasteiger partial charge in [0.2, 0.25) is 0 Å². The number of aliphatic hydroxyl groups is 1. The summed E-state index contributed by atoms with van der Waals surface area (Å²) < 4.78 is 23.9. The molecule has 0 amide bonds. The van der Waals surface area contributed by atoms with E-state index in [0.717, 1.165) is 0 Å². The minimum absolute atomic E-state index is 0.0706. The molecule has 6 heteroatoms. The molecule has 1 atom stereocenters. The molecule has 0 saturated carbocycles. The first-order valence-electron chi connectivity index (χ1n) is 4.54. The van der Waals surface area contributed by atoms with Crippen LogP contribution in [0.2, 0.25) is 0 Å². The molecule has 1 aromatic rings. The summed E-state index contributed by atoms with van der Waals surface area (Å²) in [5.41, 5.74) is 5.36. The van der Waals surface area contributed by atoms with Gasteiger partial charge >= 0.3 is 0 Å². The van der Waals surface area contributed by atoms with Crippen LogP contribution in [0.5, 0.6) is 11.5 Å². The minimum atomic E-state index is -1.07. The molecule has 3 N–H and O–H groups in total. The van der Waals surface area contributed by atoms with E-state index >= 15 is 0 Å². The molecule has 4 nitrogen and oxygen atoms in total. The van der Waals surface area contributed by atoms with Crippen LogP contribution in [-0.4, -0.2) is 25.9 Å². The third kappa shape index (κ3) is 2.28. The van der Waals surface area contributed by atoms with Gasteiger partial charge in [-0.1, -0.05) is 0 Å². The van der Waals surface area contributed by atoms with Crippen molar-refractivity contribution in [3.63, 3.8) is 0 Å². The van der Waals surface area contributed by atoms with Crippen molar-refractivity contribution in [2.24, 2.45) is 5.73 Å². The first-order chi connectivity index (χ1) is 7.56. The Morgan fingerprint density at radius 2 is 2.12 bits per heavy atom. The zero-order valence-corrected chi connectivity index (χ0v) is 10.5. The highest BCUT2D eigenvalue weighted by Gasteiger charge is 2.21. The zero-order chi connectivity index (χ0) is 12.3. The van der Waals surface area contributed by atoms with Crippen molar-refractivity contribution in [2.75, 3.05) is 20.8 Å². The first kappa shape index (κ1) is 13.2. The molecule has 0 aromatic heterocycles. The highest BCUT2D eigenvalue weighted by atomic mass is 79.9. The van der Waals surface area contributed by atoms with Gasteiger partial charge in [-0.2, -0.15) is 0 Å². The number of ether oxygens (including phenoxy) is 2. The predicted molar refractivity (Wildman–Crippen MR) is 61.2 cm³/mol. The third-order valence-corrected chi connectivity index (χ3v) is 2.87. The van der Waals surface area contributed by atoms with Crippen molar-refractivity contribution >= 4 is 15.9 Å². The van der Waals surface area contributed by atoms with Crippen molar-refractivity contribution in [2.45, 2.75) is 6.10 Å². The van der Waals surface area contributed by atoms with Gasteiger partial charge < -0.3 is 20.3 Å². The summed E-state index contributed by atoms with van der Waals surface area (Å²) in [7, 11) is 2.84. The largest absolute Gasteiger partial charge is 0.493 e. The maximum absolute atomic E-state index is 13.8. The molecule has 0 aliphatic rings. The summed E-state index contributed by atoms with van der Waals surface area (Å²) in [5, 5.41) is 9.54. The molecule has 90 valence electrons. The number of hydrogen-bond acceptors (Lipinski definition) is 4. The molecule has 0 heterocycles. The van der Waals surface area contributed by atoms with Crippen molar-refractivity contribution in [3.05, 3.63) is 21.9 Å². The Hall–Kier alpha value is -0.850. The lowest BCUT2D eigenvalue weighted by Crippen LogP contribution is -2.13. The van der Waals surface area contributed by atoms with Crippen LogP contribution in [0, 0.1) is 5.82 Å². The van der Waals surface area contributed by atoms with Gasteiger partial charge in [0.05, 0.1) is 24.8 Å². The average molecular weight is 294 g/mol. The van der Waals surface area contributed by atoms with Gasteiger partial charge in [0.1, 0.15) is 5.82 Å². The smallest absolute Gasteiger partial charge is 0.177 e. The van der Waals surface area contributed by atoms with E-state index in [4.69, 9.17) is 15.2 Å². The molecule has 0 bridgehead atoms. The van der Waals surface area contributed by atoms with E-state index in [-0.39, 0.29) is 22.3 Å². The Kier molecular flexibility index (Phi) is 4.52. The fourth-order valence-electron chi connectivity index (χ4n) is 1.32. The van der Waals surface area contributed by atoms with Gasteiger partial charge in [0.25, 0.3) is 0 Å². The number of methoxy groups -OCH3 is 2. The van der Waals surface area contributed by atoms with Gasteiger partial charge in [0, 0.05) is 12.1 Å². The molecule has 0 aliphatic heterocycles. The summed E-state index contributed by atoms with van der Waals surface area (Å²) in [5.74, 6) is -0.0261. The lowest BCUT2D eigenvalue weighted by Gasteiger charge is -2.16. The van der Waals surface area contributed by atoms with E-state index in [2.05, 4.69) is 15.9 Å². The fraction of sp³-hybridized carbons (Fsp3) is 0.400. The molecule has 0 radical (unpaired) electrons. The van der Waals surface area contributed by atoms with Gasteiger partial charge in [0.15, 0.2) is 11.5 Å². The lowest BCUT2D eigenvalue weighted by molar-refractivity contribution is 0.180. The van der Waals surface area contributed by atoms with E-state index in [1.165, 1.54) is 20.3 Å². The second-order valence-electron chi connectivity index (χ2n) is 3.08. The highest BCUT2D eigenvalue weighted by Crippen LogP contribution is 2.40. The van der Waals surface area contributed by atoms with Crippen LogP contribution in [0.4, 0.5) is 4.39 Å². The van der Waals surface area contributed by atoms with Crippen LogP contribution >= 0.6 is 15.9 Å². The Bertz CT molecular complexity index is 387. The Morgan fingerprint density at radius 1 is 1.50 bits per heavy atom. The second-order valence-corrected chi connectivity index (χ2v) is 3.87. The number of aliphatic hydroxyl groups excluding tert-OH is 1. The molecular weight excluding hydrogens is 281 g/mol. The number of halogens is 2. The molecule has 1 aromatic carbocycles. The van der Waals surface area contributed by atoms with E-state index < -0.39 is 11.9 Å². The van der Waals surface area contributed by atoms with Gasteiger partial charge in [-0.25, -0.2) is 4.39 Å². The highest BCUT2D eigenvalue weighted by molar-refractivity contribution is 9.10. The summed E-state index contributed by atoms with van der Waals surface area (Å²) >= 11 is 3.05. The number of benzene rings is 1. The van der Waals surface area contributed by atoms with Crippen LogP contribution < -0.4 is 15.2 Å². The minimum Gasteiger partial charge on any atom is -0.493 e. The van der Waals surface area contributed by atoms with Crippen LogP contribution in [0.15, 0.2) is 10.5 Å². The Balaban J connectivity index is 3.38. The van der Waals surface area contributed by atoms with Gasteiger partial charge in [-0.15, -0.1) is 0 Å². The van der Waals surface area contributed by atoms with Crippen molar-refractivity contribution in [3.8, 4) is 11.5 Å². The normalized spacial score (nSPS) is 12.4. The molecule has 1 unspecified atom stereocenters. The lowest BCUT2D eigenvalue weighted by atomic mass is 10.1. The summed E-state index contributed by atoms with van der Waals surface area (Å²) in [4.78, 5) is 0. The molecule has 0 spiro atoms. The van der Waals surface area contributed by atoms with Crippen molar-refractivity contribution in [1.29, 1.82) is 0 Å². The average Bonchev–Trinajstić information content (AvgIpc) is 2.31. The predicted octanol–water partition coefficient (Wildman–Crippen LogP) is 1.60. The maximum atomic E-state index is 13.8. The molecule has 0 fully saturated rings. The van der Waals surface area contributed by atoms with Gasteiger partial charge in [-0.05, 0) is 22.0 Å². The molecule has 0 aliphatic carbocycles. The summed E-state index contributed by atoms with van der Waals surface area (Å²) in [6.07, 6.45) is -1.07. The van der Waals surface area contributed by atoms with E-state index in [9.17, 15) is 9.50 Å². The van der Waals surface area contributed by atoms with E-state index in [1.807, 2.05) is 0 Å². The molecule has 1 rings (SSSR count). The number of rotatable bonds is 4. The fourth-order valence-corrected chi connectivity index (χ4v) is 1.90. The number of hydrogen-bond donors (Lipinski definition) is 2.